The highest BCUT2D eigenvalue weighted by Gasteiger charge is 2.16. The van der Waals surface area contributed by atoms with Gasteiger partial charge in [-0.25, -0.2) is 0 Å². The fourth-order valence-electron chi connectivity index (χ4n) is 1.75. The van der Waals surface area contributed by atoms with Gasteiger partial charge in [0.05, 0.1) is 0 Å². The molecule has 1 saturated heterocycles. The summed E-state index contributed by atoms with van der Waals surface area (Å²) in [4.78, 5) is 2.42. The summed E-state index contributed by atoms with van der Waals surface area (Å²) in [5.74, 6) is 0. The predicted octanol–water partition coefficient (Wildman–Crippen LogP) is 1.42. The summed E-state index contributed by atoms with van der Waals surface area (Å²) < 4.78 is 0. The highest BCUT2D eigenvalue weighted by molar-refractivity contribution is 7.99. The lowest BCUT2D eigenvalue weighted by atomic mass is 10.1. The molecule has 1 aliphatic rings. The monoisotopic (exact) mass is 202 g/mol. The maximum absolute atomic E-state index is 3.64. The van der Waals surface area contributed by atoms with E-state index in [0.29, 0.717) is 0 Å². The SMILES string of the molecule is CSC(C)CNC1CCCN(C)C1. The molecule has 0 aromatic carbocycles. The Morgan fingerprint density at radius 2 is 2.38 bits per heavy atom. The van der Waals surface area contributed by atoms with Gasteiger partial charge in [0, 0.05) is 24.4 Å². The summed E-state index contributed by atoms with van der Waals surface area (Å²) in [6.07, 6.45) is 4.88. The zero-order chi connectivity index (χ0) is 9.68. The molecule has 0 saturated carbocycles. The Morgan fingerprint density at radius 1 is 1.62 bits per heavy atom. The molecule has 0 spiro atoms. The van der Waals surface area contributed by atoms with Crippen molar-refractivity contribution in [3.63, 3.8) is 0 Å². The molecule has 2 nitrogen and oxygen atoms in total. The van der Waals surface area contributed by atoms with Crippen LogP contribution < -0.4 is 5.32 Å². The van der Waals surface area contributed by atoms with E-state index in [1.54, 1.807) is 0 Å². The van der Waals surface area contributed by atoms with Crippen molar-refractivity contribution in [2.45, 2.75) is 31.1 Å². The average molecular weight is 202 g/mol. The van der Waals surface area contributed by atoms with Gasteiger partial charge in [-0.3, -0.25) is 0 Å². The Morgan fingerprint density at radius 3 is 3.00 bits per heavy atom. The van der Waals surface area contributed by atoms with Gasteiger partial charge in [0.1, 0.15) is 0 Å². The van der Waals surface area contributed by atoms with Crippen molar-refractivity contribution in [1.29, 1.82) is 0 Å². The number of nitrogens with zero attached hydrogens (tertiary/aromatic N) is 1. The van der Waals surface area contributed by atoms with Crippen molar-refractivity contribution in [3.8, 4) is 0 Å². The van der Waals surface area contributed by atoms with E-state index in [0.717, 1.165) is 17.8 Å². The number of hydrogen-bond acceptors (Lipinski definition) is 3. The van der Waals surface area contributed by atoms with E-state index in [4.69, 9.17) is 0 Å². The van der Waals surface area contributed by atoms with Gasteiger partial charge in [-0.1, -0.05) is 6.92 Å². The van der Waals surface area contributed by atoms with E-state index in [-0.39, 0.29) is 0 Å². The van der Waals surface area contributed by atoms with Crippen LogP contribution in [0.2, 0.25) is 0 Å². The molecule has 1 heterocycles. The number of likely N-dealkylation sites (N-methyl/N-ethyl adjacent to an activating group) is 1. The molecule has 1 rings (SSSR count). The van der Waals surface area contributed by atoms with Gasteiger partial charge in [-0.15, -0.1) is 0 Å². The van der Waals surface area contributed by atoms with Crippen LogP contribution in [0.1, 0.15) is 19.8 Å². The first kappa shape index (κ1) is 11.3. The van der Waals surface area contributed by atoms with Crippen molar-refractivity contribution in [3.05, 3.63) is 0 Å². The number of nitrogens with one attached hydrogen (secondary N) is 1. The summed E-state index contributed by atoms with van der Waals surface area (Å²) in [6, 6.07) is 0.730. The molecule has 0 aliphatic carbocycles. The molecule has 2 atom stereocenters. The summed E-state index contributed by atoms with van der Waals surface area (Å²) in [7, 11) is 2.21. The molecule has 1 N–H and O–H groups in total. The van der Waals surface area contributed by atoms with Crippen molar-refractivity contribution >= 4 is 11.8 Å². The van der Waals surface area contributed by atoms with Gasteiger partial charge in [0.2, 0.25) is 0 Å². The first-order valence-corrected chi connectivity index (χ1v) is 6.46. The number of thioether (sulfide) groups is 1. The zero-order valence-electron chi connectivity index (χ0n) is 9.05. The Balaban J connectivity index is 2.13. The van der Waals surface area contributed by atoms with E-state index < -0.39 is 0 Å². The van der Waals surface area contributed by atoms with Crippen LogP contribution in [0.4, 0.5) is 0 Å². The molecule has 1 fully saturated rings. The van der Waals surface area contributed by atoms with Crippen LogP contribution in [-0.4, -0.2) is 49.1 Å². The molecular weight excluding hydrogens is 180 g/mol. The van der Waals surface area contributed by atoms with E-state index in [2.05, 4.69) is 30.4 Å². The maximum Gasteiger partial charge on any atom is 0.0195 e. The van der Waals surface area contributed by atoms with Crippen LogP contribution in [0.5, 0.6) is 0 Å². The highest BCUT2D eigenvalue weighted by Crippen LogP contribution is 2.09. The van der Waals surface area contributed by atoms with Gasteiger partial charge < -0.3 is 10.2 Å². The molecule has 0 aromatic heterocycles. The molecule has 2 unspecified atom stereocenters. The Labute approximate surface area is 86.5 Å². The minimum atomic E-state index is 0.730. The third kappa shape index (κ3) is 4.34. The highest BCUT2D eigenvalue weighted by atomic mass is 32.2. The molecular formula is C10H22N2S. The molecule has 0 aromatic rings. The van der Waals surface area contributed by atoms with E-state index in [1.165, 1.54) is 25.9 Å². The topological polar surface area (TPSA) is 15.3 Å². The minimum Gasteiger partial charge on any atom is -0.312 e. The fraction of sp³-hybridized carbons (Fsp3) is 1.00. The van der Waals surface area contributed by atoms with E-state index >= 15 is 0 Å². The largest absolute Gasteiger partial charge is 0.312 e. The van der Waals surface area contributed by atoms with Gasteiger partial charge >= 0.3 is 0 Å². The fourth-order valence-corrected chi connectivity index (χ4v) is 2.01. The molecule has 13 heavy (non-hydrogen) atoms. The van der Waals surface area contributed by atoms with Crippen LogP contribution in [0.25, 0.3) is 0 Å². The zero-order valence-corrected chi connectivity index (χ0v) is 9.86. The van der Waals surface area contributed by atoms with E-state index in [9.17, 15) is 0 Å². The van der Waals surface area contributed by atoms with Gasteiger partial charge in [-0.05, 0) is 32.7 Å². The van der Waals surface area contributed by atoms with Crippen LogP contribution >= 0.6 is 11.8 Å². The summed E-state index contributed by atoms with van der Waals surface area (Å²) in [5.41, 5.74) is 0. The van der Waals surface area contributed by atoms with Gasteiger partial charge in [0.25, 0.3) is 0 Å². The molecule has 0 radical (unpaired) electrons. The first-order chi connectivity index (χ1) is 6.22. The molecule has 0 bridgehead atoms. The smallest absolute Gasteiger partial charge is 0.0195 e. The van der Waals surface area contributed by atoms with Crippen LogP contribution in [0, 0.1) is 0 Å². The molecule has 3 heteroatoms. The van der Waals surface area contributed by atoms with E-state index in [1.807, 2.05) is 11.8 Å². The quantitative estimate of drug-likeness (QED) is 0.742. The summed E-state index contributed by atoms with van der Waals surface area (Å²) in [5, 5.41) is 4.38. The summed E-state index contributed by atoms with van der Waals surface area (Å²) in [6.45, 7) is 5.93. The third-order valence-electron chi connectivity index (χ3n) is 2.72. The minimum absolute atomic E-state index is 0.730. The molecule has 1 aliphatic heterocycles. The second-order valence-corrected chi connectivity index (χ2v) is 5.33. The number of hydrogen-bond donors (Lipinski definition) is 1. The maximum atomic E-state index is 3.64. The second-order valence-electron chi connectivity index (χ2n) is 4.06. The van der Waals surface area contributed by atoms with Crippen LogP contribution in [-0.2, 0) is 0 Å². The van der Waals surface area contributed by atoms with Crippen LogP contribution in [0.15, 0.2) is 0 Å². The lowest BCUT2D eigenvalue weighted by Gasteiger charge is -2.31. The number of piperidine rings is 1. The lowest BCUT2D eigenvalue weighted by molar-refractivity contribution is 0.228. The average Bonchev–Trinajstić information content (AvgIpc) is 2.14. The second kappa shape index (κ2) is 5.89. The molecule has 0 amide bonds. The normalized spacial score (nSPS) is 27.5. The Hall–Kier alpha value is 0.270. The third-order valence-corrected chi connectivity index (χ3v) is 3.69. The van der Waals surface area contributed by atoms with Crippen molar-refractivity contribution < 1.29 is 0 Å². The number of rotatable bonds is 4. The lowest BCUT2D eigenvalue weighted by Crippen LogP contribution is -2.45. The van der Waals surface area contributed by atoms with Crippen molar-refractivity contribution in [2.75, 3.05) is 32.9 Å². The predicted molar refractivity (Wildman–Crippen MR) is 61.5 cm³/mol. The number of likely N-dealkylation sites (tertiary alicyclic amines) is 1. The van der Waals surface area contributed by atoms with Crippen molar-refractivity contribution in [2.24, 2.45) is 0 Å². The van der Waals surface area contributed by atoms with Crippen LogP contribution in [0.3, 0.4) is 0 Å². The van der Waals surface area contributed by atoms with Crippen molar-refractivity contribution in [1.82, 2.24) is 10.2 Å². The first-order valence-electron chi connectivity index (χ1n) is 5.17. The Kier molecular flexibility index (Phi) is 5.14. The van der Waals surface area contributed by atoms with Gasteiger partial charge in [-0.2, -0.15) is 11.8 Å². The standard InChI is InChI=1S/C10H22N2S/c1-9(13-3)7-11-10-5-4-6-12(2)8-10/h9-11H,4-8H2,1-3H3. The molecule has 78 valence electrons. The van der Waals surface area contributed by atoms with Gasteiger partial charge in [0.15, 0.2) is 0 Å². The summed E-state index contributed by atoms with van der Waals surface area (Å²) >= 11 is 1.94. The Bertz CT molecular complexity index is 141.